The van der Waals surface area contributed by atoms with E-state index in [2.05, 4.69) is 26.2 Å². The van der Waals surface area contributed by atoms with Gasteiger partial charge in [0.15, 0.2) is 5.82 Å². The van der Waals surface area contributed by atoms with Crippen LogP contribution in [0.25, 0.3) is 16.8 Å². The Hall–Kier alpha value is -1.40. The minimum absolute atomic E-state index is 0.293. The van der Waals surface area contributed by atoms with Gasteiger partial charge >= 0.3 is 0 Å². The van der Waals surface area contributed by atoms with Crippen LogP contribution in [-0.4, -0.2) is 21.0 Å². The molecule has 0 amide bonds. The van der Waals surface area contributed by atoms with Gasteiger partial charge in [-0.2, -0.15) is 0 Å². The van der Waals surface area contributed by atoms with Crippen LogP contribution in [0.1, 0.15) is 5.69 Å². The molecule has 18 heavy (non-hydrogen) atoms. The number of nitrogens with zero attached hydrogens (tertiary/aromatic N) is 3. The largest absolute Gasteiger partial charge is 0.315 e. The van der Waals surface area contributed by atoms with Crippen LogP contribution in [0.15, 0.2) is 22.8 Å². The van der Waals surface area contributed by atoms with Crippen molar-refractivity contribution in [3.05, 3.63) is 34.3 Å². The van der Waals surface area contributed by atoms with Crippen molar-refractivity contribution in [3.63, 3.8) is 0 Å². The van der Waals surface area contributed by atoms with Gasteiger partial charge in [0.25, 0.3) is 0 Å². The molecule has 0 atom stereocenters. The van der Waals surface area contributed by atoms with Crippen LogP contribution in [0.5, 0.6) is 0 Å². The standard InChI is InChI=1S/C12H12BrFN4/c1-15-6-9-11(13)18-8-5-3-4-7(14)10(8)16-12(18)17(9)2/h3-5,15H,6H2,1-2H3. The maximum Gasteiger partial charge on any atom is 0.216 e. The number of para-hydroxylation sites is 1. The Balaban J connectivity index is 2.45. The summed E-state index contributed by atoms with van der Waals surface area (Å²) in [4.78, 5) is 4.37. The number of hydrogen-bond donors (Lipinski definition) is 1. The predicted molar refractivity (Wildman–Crippen MR) is 72.1 cm³/mol. The van der Waals surface area contributed by atoms with Gasteiger partial charge in [0, 0.05) is 13.6 Å². The first kappa shape index (κ1) is 11.7. The van der Waals surface area contributed by atoms with E-state index in [1.54, 1.807) is 6.07 Å². The van der Waals surface area contributed by atoms with Gasteiger partial charge in [-0.05, 0) is 35.1 Å². The van der Waals surface area contributed by atoms with Crippen LogP contribution >= 0.6 is 15.9 Å². The third kappa shape index (κ3) is 1.42. The van der Waals surface area contributed by atoms with Crippen LogP contribution in [0, 0.1) is 5.82 Å². The number of nitrogens with one attached hydrogen (secondary N) is 1. The van der Waals surface area contributed by atoms with Crippen LogP contribution in [0.4, 0.5) is 4.39 Å². The van der Waals surface area contributed by atoms with Gasteiger partial charge < -0.3 is 9.88 Å². The van der Waals surface area contributed by atoms with Crippen molar-refractivity contribution in [1.29, 1.82) is 0 Å². The summed E-state index contributed by atoms with van der Waals surface area (Å²) in [5.74, 6) is 0.436. The van der Waals surface area contributed by atoms with E-state index in [0.29, 0.717) is 5.52 Å². The lowest BCUT2D eigenvalue weighted by molar-refractivity contribution is 0.637. The average Bonchev–Trinajstić information content (AvgIpc) is 2.84. The third-order valence-corrected chi connectivity index (χ3v) is 3.91. The first-order valence-electron chi connectivity index (χ1n) is 5.59. The molecule has 0 bridgehead atoms. The van der Waals surface area contributed by atoms with Gasteiger partial charge in [0.2, 0.25) is 5.78 Å². The highest BCUT2D eigenvalue weighted by Crippen LogP contribution is 2.27. The van der Waals surface area contributed by atoms with Gasteiger partial charge in [0.1, 0.15) is 10.1 Å². The van der Waals surface area contributed by atoms with Crippen molar-refractivity contribution in [2.75, 3.05) is 7.05 Å². The number of imidazole rings is 2. The second-order valence-electron chi connectivity index (χ2n) is 4.18. The first-order chi connectivity index (χ1) is 8.65. The highest BCUT2D eigenvalue weighted by molar-refractivity contribution is 9.10. The highest BCUT2D eigenvalue weighted by Gasteiger charge is 2.18. The molecule has 0 saturated heterocycles. The van der Waals surface area contributed by atoms with Gasteiger partial charge in [0.05, 0.1) is 11.2 Å². The van der Waals surface area contributed by atoms with Gasteiger partial charge in [-0.3, -0.25) is 4.40 Å². The van der Waals surface area contributed by atoms with Gasteiger partial charge in [-0.1, -0.05) is 6.07 Å². The molecular weight excluding hydrogens is 299 g/mol. The van der Waals surface area contributed by atoms with E-state index in [-0.39, 0.29) is 5.82 Å². The zero-order chi connectivity index (χ0) is 12.9. The zero-order valence-corrected chi connectivity index (χ0v) is 11.6. The third-order valence-electron chi connectivity index (χ3n) is 3.10. The molecule has 0 radical (unpaired) electrons. The fraction of sp³-hybridized carbons (Fsp3) is 0.250. The van der Waals surface area contributed by atoms with Crippen molar-refractivity contribution in [2.24, 2.45) is 7.05 Å². The zero-order valence-electron chi connectivity index (χ0n) is 10.0. The van der Waals surface area contributed by atoms with Crippen molar-refractivity contribution in [1.82, 2.24) is 19.3 Å². The average molecular weight is 311 g/mol. The smallest absolute Gasteiger partial charge is 0.216 e. The molecule has 3 aromatic rings. The fourth-order valence-electron chi connectivity index (χ4n) is 2.22. The van der Waals surface area contributed by atoms with Crippen LogP contribution < -0.4 is 5.32 Å². The number of aromatic nitrogens is 3. The summed E-state index contributed by atoms with van der Waals surface area (Å²) in [5.41, 5.74) is 2.25. The topological polar surface area (TPSA) is 34.3 Å². The number of fused-ring (bicyclic) bond motifs is 3. The van der Waals surface area contributed by atoms with Crippen molar-refractivity contribution in [2.45, 2.75) is 6.54 Å². The molecule has 0 aliphatic heterocycles. The fourth-order valence-corrected chi connectivity index (χ4v) is 2.97. The minimum Gasteiger partial charge on any atom is -0.315 e. The SMILES string of the molecule is CNCc1c(Br)n2c3cccc(F)c3nc2n1C. The molecule has 1 N–H and O–H groups in total. The molecule has 0 aliphatic carbocycles. The molecule has 2 heterocycles. The van der Waals surface area contributed by atoms with E-state index >= 15 is 0 Å². The Kier molecular flexibility index (Phi) is 2.64. The second-order valence-corrected chi connectivity index (χ2v) is 4.93. The van der Waals surface area contributed by atoms with E-state index < -0.39 is 0 Å². The minimum atomic E-state index is -0.293. The first-order valence-corrected chi connectivity index (χ1v) is 6.38. The van der Waals surface area contributed by atoms with Crippen LogP contribution in [0.2, 0.25) is 0 Å². The molecule has 4 nitrogen and oxygen atoms in total. The van der Waals surface area contributed by atoms with E-state index in [4.69, 9.17) is 0 Å². The number of benzene rings is 1. The molecule has 0 fully saturated rings. The lowest BCUT2D eigenvalue weighted by Gasteiger charge is -2.02. The van der Waals surface area contributed by atoms with E-state index in [0.717, 1.165) is 28.1 Å². The molecule has 6 heteroatoms. The monoisotopic (exact) mass is 310 g/mol. The summed E-state index contributed by atoms with van der Waals surface area (Å²) in [5, 5.41) is 3.11. The second kappa shape index (κ2) is 4.07. The molecule has 0 spiro atoms. The Morgan fingerprint density at radius 3 is 2.94 bits per heavy atom. The molecule has 0 unspecified atom stereocenters. The van der Waals surface area contributed by atoms with E-state index in [9.17, 15) is 4.39 Å². The van der Waals surface area contributed by atoms with Crippen molar-refractivity contribution in [3.8, 4) is 0 Å². The summed E-state index contributed by atoms with van der Waals surface area (Å²) in [6.45, 7) is 0.719. The van der Waals surface area contributed by atoms with Crippen LogP contribution in [0.3, 0.4) is 0 Å². The molecule has 0 saturated carbocycles. The van der Waals surface area contributed by atoms with Crippen molar-refractivity contribution < 1.29 is 4.39 Å². The maximum absolute atomic E-state index is 13.7. The Morgan fingerprint density at radius 2 is 2.22 bits per heavy atom. The summed E-state index contributed by atoms with van der Waals surface area (Å²) >= 11 is 3.57. The van der Waals surface area contributed by atoms with Crippen LogP contribution in [-0.2, 0) is 13.6 Å². The maximum atomic E-state index is 13.7. The summed E-state index contributed by atoms with van der Waals surface area (Å²) < 4.78 is 18.5. The molecule has 0 aliphatic rings. The lowest BCUT2D eigenvalue weighted by Crippen LogP contribution is -2.09. The molecule has 1 aromatic carbocycles. The molecule has 94 valence electrons. The summed E-state index contributed by atoms with van der Waals surface area (Å²) in [6.07, 6.45) is 0. The summed E-state index contributed by atoms with van der Waals surface area (Å²) in [7, 11) is 3.82. The molecular formula is C12H12BrFN4. The molecule has 3 rings (SSSR count). The van der Waals surface area contributed by atoms with Crippen molar-refractivity contribution >= 4 is 32.7 Å². The molecule has 2 aromatic heterocycles. The predicted octanol–water partition coefficient (Wildman–Crippen LogP) is 2.45. The number of aryl methyl sites for hydroxylation is 1. The highest BCUT2D eigenvalue weighted by atomic mass is 79.9. The van der Waals surface area contributed by atoms with E-state index in [1.807, 2.05) is 29.1 Å². The number of rotatable bonds is 2. The number of halogens is 2. The number of hydrogen-bond acceptors (Lipinski definition) is 2. The Bertz CT molecular complexity index is 744. The van der Waals surface area contributed by atoms with E-state index in [1.165, 1.54) is 6.07 Å². The summed E-state index contributed by atoms with van der Waals surface area (Å²) in [6, 6.07) is 4.99. The Labute approximate surface area is 112 Å². The van der Waals surface area contributed by atoms with Gasteiger partial charge in [-0.15, -0.1) is 0 Å². The lowest BCUT2D eigenvalue weighted by atomic mass is 10.3. The normalized spacial score (nSPS) is 11.8. The quantitative estimate of drug-likeness (QED) is 0.789. The van der Waals surface area contributed by atoms with Gasteiger partial charge in [-0.25, -0.2) is 9.37 Å². The Morgan fingerprint density at radius 1 is 1.44 bits per heavy atom.